The molecule has 1 saturated heterocycles. The molecule has 0 aromatic heterocycles. The Kier molecular flexibility index (Phi) is 6.63. The minimum Gasteiger partial charge on any atom is -0.490 e. The SMILES string of the molecule is O=C(O)[C@@H]1C[C@@H](S(=O)(=O)c2ccc(-c3ccccc3OC3CC3)cc2C(F)(F)F)CN1C(=O)C1(C(F)(F)F)CC1. The van der Waals surface area contributed by atoms with Gasteiger partial charge >= 0.3 is 18.3 Å². The molecule has 2 atom stereocenters. The summed E-state index contributed by atoms with van der Waals surface area (Å²) in [4.78, 5) is 23.8. The first kappa shape index (κ1) is 28.2. The number of ether oxygens (including phenoxy) is 1. The number of rotatable bonds is 7. The summed E-state index contributed by atoms with van der Waals surface area (Å²) >= 11 is 0. The maximum absolute atomic E-state index is 14.2. The molecule has 1 amide bonds. The summed E-state index contributed by atoms with van der Waals surface area (Å²) in [6.07, 6.45) is -10.6. The topological polar surface area (TPSA) is 101 Å². The van der Waals surface area contributed by atoms with E-state index < -0.39 is 87.0 Å². The van der Waals surface area contributed by atoms with E-state index in [0.29, 0.717) is 22.3 Å². The first-order chi connectivity index (χ1) is 18.6. The van der Waals surface area contributed by atoms with Crippen LogP contribution in [-0.2, 0) is 25.6 Å². The Morgan fingerprint density at radius 3 is 2.20 bits per heavy atom. The molecule has 3 fully saturated rings. The highest BCUT2D eigenvalue weighted by atomic mass is 32.2. The van der Waals surface area contributed by atoms with Gasteiger partial charge in [0.1, 0.15) is 17.2 Å². The lowest BCUT2D eigenvalue weighted by Crippen LogP contribution is -2.48. The van der Waals surface area contributed by atoms with Crippen LogP contribution in [0.5, 0.6) is 5.75 Å². The second-order valence-corrected chi connectivity index (χ2v) is 12.5. The lowest BCUT2D eigenvalue weighted by atomic mass is 10.0. The van der Waals surface area contributed by atoms with E-state index in [1.54, 1.807) is 18.2 Å². The number of hydrogen-bond acceptors (Lipinski definition) is 5. The molecule has 216 valence electrons. The van der Waals surface area contributed by atoms with Crippen molar-refractivity contribution in [2.75, 3.05) is 6.54 Å². The van der Waals surface area contributed by atoms with Gasteiger partial charge < -0.3 is 14.7 Å². The van der Waals surface area contributed by atoms with Gasteiger partial charge in [-0.05, 0) is 55.9 Å². The summed E-state index contributed by atoms with van der Waals surface area (Å²) in [5.41, 5.74) is -4.00. The minimum absolute atomic E-state index is 0.0232. The fraction of sp³-hybridized carbons (Fsp3) is 0.462. The Morgan fingerprint density at radius 2 is 1.65 bits per heavy atom. The second kappa shape index (κ2) is 9.38. The molecule has 7 nitrogen and oxygen atoms in total. The van der Waals surface area contributed by atoms with Gasteiger partial charge in [0.05, 0.1) is 21.8 Å². The Labute approximate surface area is 224 Å². The van der Waals surface area contributed by atoms with Crippen molar-refractivity contribution in [3.8, 4) is 16.9 Å². The predicted octanol–water partition coefficient (Wildman–Crippen LogP) is 5.08. The van der Waals surface area contributed by atoms with E-state index in [4.69, 9.17) is 4.74 Å². The predicted molar refractivity (Wildman–Crippen MR) is 127 cm³/mol. The monoisotopic (exact) mass is 591 g/mol. The first-order valence-corrected chi connectivity index (χ1v) is 13.9. The number of carbonyl (C=O) groups excluding carboxylic acids is 1. The molecule has 2 aliphatic carbocycles. The number of carbonyl (C=O) groups is 2. The number of nitrogens with zero attached hydrogens (tertiary/aromatic N) is 1. The summed E-state index contributed by atoms with van der Waals surface area (Å²) in [5, 5.41) is 7.69. The van der Waals surface area contributed by atoms with Crippen molar-refractivity contribution >= 4 is 21.7 Å². The van der Waals surface area contributed by atoms with E-state index in [0.717, 1.165) is 25.0 Å². The van der Waals surface area contributed by atoms with E-state index in [1.807, 2.05) is 0 Å². The van der Waals surface area contributed by atoms with E-state index in [1.165, 1.54) is 6.07 Å². The molecule has 1 heterocycles. The van der Waals surface area contributed by atoms with Crippen LogP contribution < -0.4 is 4.74 Å². The number of carboxylic acids is 1. The third-order valence-electron chi connectivity index (χ3n) is 7.56. The zero-order chi connectivity index (χ0) is 29.3. The van der Waals surface area contributed by atoms with Crippen molar-refractivity contribution in [2.24, 2.45) is 5.41 Å². The third kappa shape index (κ3) is 4.90. The Bertz CT molecular complexity index is 1460. The van der Waals surface area contributed by atoms with Crippen molar-refractivity contribution in [1.82, 2.24) is 4.90 Å². The Hall–Kier alpha value is -3.29. The second-order valence-electron chi connectivity index (χ2n) is 10.3. The lowest BCUT2D eigenvalue weighted by molar-refractivity contribution is -0.199. The molecule has 1 aliphatic heterocycles. The fourth-order valence-corrected chi connectivity index (χ4v) is 6.91. The van der Waals surface area contributed by atoms with Crippen molar-refractivity contribution in [3.63, 3.8) is 0 Å². The van der Waals surface area contributed by atoms with Gasteiger partial charge in [0, 0.05) is 12.1 Å². The van der Waals surface area contributed by atoms with Crippen LogP contribution in [0.3, 0.4) is 0 Å². The van der Waals surface area contributed by atoms with Gasteiger partial charge in [-0.25, -0.2) is 13.2 Å². The summed E-state index contributed by atoms with van der Waals surface area (Å²) in [7, 11) is -4.95. The van der Waals surface area contributed by atoms with Gasteiger partial charge in [0.15, 0.2) is 9.84 Å². The molecule has 5 rings (SSSR count). The number of amides is 1. The van der Waals surface area contributed by atoms with Gasteiger partial charge in [-0.3, -0.25) is 4.79 Å². The molecule has 2 aromatic carbocycles. The van der Waals surface area contributed by atoms with E-state index in [9.17, 15) is 49.5 Å². The number of hydrogen-bond donors (Lipinski definition) is 1. The molecular weight excluding hydrogens is 568 g/mol. The number of alkyl halides is 6. The summed E-state index contributed by atoms with van der Waals surface area (Å²) in [6.45, 7) is -0.979. The number of para-hydroxylation sites is 1. The molecule has 40 heavy (non-hydrogen) atoms. The molecule has 0 bridgehead atoms. The van der Waals surface area contributed by atoms with Gasteiger partial charge in [-0.15, -0.1) is 0 Å². The molecule has 14 heteroatoms. The van der Waals surface area contributed by atoms with Crippen molar-refractivity contribution in [3.05, 3.63) is 48.0 Å². The molecular formula is C26H23F6NO6S. The number of carboxylic acid groups (broad SMARTS) is 1. The zero-order valence-corrected chi connectivity index (χ0v) is 21.4. The number of likely N-dealkylation sites (tertiary alicyclic amines) is 1. The van der Waals surface area contributed by atoms with Gasteiger partial charge in [-0.1, -0.05) is 24.3 Å². The average molecular weight is 592 g/mol. The van der Waals surface area contributed by atoms with Crippen molar-refractivity contribution < 1.29 is 54.2 Å². The summed E-state index contributed by atoms with van der Waals surface area (Å²) in [5.74, 6) is -3.01. The van der Waals surface area contributed by atoms with Crippen LogP contribution in [0.15, 0.2) is 47.4 Å². The van der Waals surface area contributed by atoms with Crippen LogP contribution in [0.2, 0.25) is 0 Å². The zero-order valence-electron chi connectivity index (χ0n) is 20.6. The van der Waals surface area contributed by atoms with Crippen molar-refractivity contribution in [2.45, 2.75) is 66.7 Å². The number of halogens is 6. The molecule has 0 unspecified atom stereocenters. The van der Waals surface area contributed by atoms with Crippen LogP contribution in [-0.4, -0.2) is 60.4 Å². The molecule has 2 saturated carbocycles. The highest BCUT2D eigenvalue weighted by Crippen LogP contribution is 2.59. The van der Waals surface area contributed by atoms with E-state index in [2.05, 4.69) is 0 Å². The third-order valence-corrected chi connectivity index (χ3v) is 9.75. The van der Waals surface area contributed by atoms with Crippen LogP contribution in [0.1, 0.15) is 37.7 Å². The maximum atomic E-state index is 14.2. The highest BCUT2D eigenvalue weighted by molar-refractivity contribution is 7.92. The summed E-state index contributed by atoms with van der Waals surface area (Å²) in [6, 6.07) is 6.94. The molecule has 0 radical (unpaired) electrons. The molecule has 0 spiro atoms. The maximum Gasteiger partial charge on any atom is 0.417 e. The highest BCUT2D eigenvalue weighted by Gasteiger charge is 2.70. The Morgan fingerprint density at radius 1 is 1.00 bits per heavy atom. The van der Waals surface area contributed by atoms with Crippen molar-refractivity contribution in [1.29, 1.82) is 0 Å². The quantitative estimate of drug-likeness (QED) is 0.451. The van der Waals surface area contributed by atoms with E-state index >= 15 is 0 Å². The van der Waals surface area contributed by atoms with Crippen LogP contribution in [0.4, 0.5) is 26.3 Å². The number of benzene rings is 2. The lowest BCUT2D eigenvalue weighted by Gasteiger charge is -2.28. The first-order valence-electron chi connectivity index (χ1n) is 12.4. The average Bonchev–Trinajstić information content (AvgIpc) is 3.80. The fourth-order valence-electron chi connectivity index (χ4n) is 5.02. The molecule has 3 aliphatic rings. The molecule has 1 N–H and O–H groups in total. The standard InChI is InChI=1S/C26H23F6NO6S/c27-25(28,29)18-11-14(17-3-1-2-4-20(17)39-15-6-7-15)5-8-21(18)40(37,38)16-12-19(22(34)35)33(13-16)23(36)24(9-10-24)26(30,31)32/h1-5,8,11,15-16,19H,6-7,9-10,12-13H2,(H,34,35)/t16-,19+/m1/s1. The van der Waals surface area contributed by atoms with Gasteiger partial charge in [0.2, 0.25) is 5.91 Å². The van der Waals surface area contributed by atoms with Crippen LogP contribution in [0, 0.1) is 5.41 Å². The van der Waals surface area contributed by atoms with E-state index in [-0.39, 0.29) is 11.7 Å². The largest absolute Gasteiger partial charge is 0.490 e. The number of aliphatic carboxylic acids is 1. The van der Waals surface area contributed by atoms with Crippen LogP contribution in [0.25, 0.3) is 11.1 Å². The Balaban J connectivity index is 1.51. The number of sulfone groups is 1. The van der Waals surface area contributed by atoms with Gasteiger partial charge in [-0.2, -0.15) is 26.3 Å². The molecule has 2 aromatic rings. The minimum atomic E-state index is -5.15. The smallest absolute Gasteiger partial charge is 0.417 e. The normalized spacial score (nSPS) is 22.7. The van der Waals surface area contributed by atoms with Gasteiger partial charge in [0.25, 0.3) is 0 Å². The summed E-state index contributed by atoms with van der Waals surface area (Å²) < 4.78 is 116. The van der Waals surface area contributed by atoms with Crippen LogP contribution >= 0.6 is 0 Å².